The second kappa shape index (κ2) is 5.54. The van der Waals surface area contributed by atoms with Gasteiger partial charge in [0.15, 0.2) is 0 Å². The maximum Gasteiger partial charge on any atom is 0.120 e. The molecular formula is C15H23NO. The molecule has 0 bridgehead atoms. The van der Waals surface area contributed by atoms with E-state index < -0.39 is 0 Å². The van der Waals surface area contributed by atoms with Crippen LogP contribution in [0, 0.1) is 0 Å². The van der Waals surface area contributed by atoms with Crippen LogP contribution < -0.4 is 10.5 Å². The molecule has 1 aromatic carbocycles. The van der Waals surface area contributed by atoms with Crippen molar-refractivity contribution in [2.24, 2.45) is 5.73 Å². The average molecular weight is 233 g/mol. The van der Waals surface area contributed by atoms with Gasteiger partial charge in [0.2, 0.25) is 0 Å². The fourth-order valence-corrected chi connectivity index (χ4v) is 2.58. The molecule has 0 saturated heterocycles. The van der Waals surface area contributed by atoms with Crippen LogP contribution in [-0.4, -0.2) is 6.10 Å². The normalized spacial score (nSPS) is 20.8. The largest absolute Gasteiger partial charge is 0.491 e. The Morgan fingerprint density at radius 2 is 2.29 bits per heavy atom. The van der Waals surface area contributed by atoms with Gasteiger partial charge in [-0.2, -0.15) is 0 Å². The molecule has 1 aliphatic rings. The molecule has 2 N–H and O–H groups in total. The fourth-order valence-electron chi connectivity index (χ4n) is 2.58. The maximum atomic E-state index is 6.15. The standard InChI is InChI=1S/C15H23NO/c1-3-5-11(2)17-13-9-8-12-6-4-7-15(16)14(12)10-13/h8-11,15H,3-7,16H2,1-2H3. The lowest BCUT2D eigenvalue weighted by atomic mass is 9.88. The average Bonchev–Trinajstić information content (AvgIpc) is 2.30. The van der Waals surface area contributed by atoms with E-state index in [2.05, 4.69) is 32.0 Å². The van der Waals surface area contributed by atoms with Crippen molar-refractivity contribution in [3.63, 3.8) is 0 Å². The first-order valence-corrected chi connectivity index (χ1v) is 6.75. The lowest BCUT2D eigenvalue weighted by molar-refractivity contribution is 0.209. The highest BCUT2D eigenvalue weighted by Gasteiger charge is 2.17. The minimum absolute atomic E-state index is 0.198. The van der Waals surface area contributed by atoms with E-state index in [0.29, 0.717) is 0 Å². The van der Waals surface area contributed by atoms with E-state index in [9.17, 15) is 0 Å². The molecule has 2 rings (SSSR count). The molecule has 0 fully saturated rings. The summed E-state index contributed by atoms with van der Waals surface area (Å²) in [6.07, 6.45) is 6.02. The van der Waals surface area contributed by atoms with Crippen molar-refractivity contribution in [3.8, 4) is 5.75 Å². The van der Waals surface area contributed by atoms with E-state index in [-0.39, 0.29) is 12.1 Å². The third-order valence-corrected chi connectivity index (χ3v) is 3.51. The Balaban J connectivity index is 2.12. The Bertz CT molecular complexity index is 375. The molecule has 94 valence electrons. The molecule has 0 heterocycles. The van der Waals surface area contributed by atoms with Crippen molar-refractivity contribution in [3.05, 3.63) is 29.3 Å². The van der Waals surface area contributed by atoms with Gasteiger partial charge in [-0.05, 0) is 55.9 Å². The zero-order valence-electron chi connectivity index (χ0n) is 10.9. The van der Waals surface area contributed by atoms with Crippen molar-refractivity contribution >= 4 is 0 Å². The van der Waals surface area contributed by atoms with E-state index >= 15 is 0 Å². The number of nitrogens with two attached hydrogens (primary N) is 1. The van der Waals surface area contributed by atoms with Crippen molar-refractivity contribution in [2.75, 3.05) is 0 Å². The summed E-state index contributed by atoms with van der Waals surface area (Å²) < 4.78 is 5.91. The highest BCUT2D eigenvalue weighted by atomic mass is 16.5. The third kappa shape index (κ3) is 3.01. The molecule has 2 heteroatoms. The summed E-state index contributed by atoms with van der Waals surface area (Å²) in [5.41, 5.74) is 8.84. The lowest BCUT2D eigenvalue weighted by Crippen LogP contribution is -2.18. The summed E-state index contributed by atoms with van der Waals surface area (Å²) in [5.74, 6) is 0.974. The molecule has 2 nitrogen and oxygen atoms in total. The van der Waals surface area contributed by atoms with E-state index in [1.54, 1.807) is 0 Å². The van der Waals surface area contributed by atoms with Gasteiger partial charge >= 0.3 is 0 Å². The van der Waals surface area contributed by atoms with Gasteiger partial charge in [0.25, 0.3) is 0 Å². The number of fused-ring (bicyclic) bond motifs is 1. The maximum absolute atomic E-state index is 6.15. The van der Waals surface area contributed by atoms with Gasteiger partial charge < -0.3 is 10.5 Å². The fraction of sp³-hybridized carbons (Fsp3) is 0.600. The van der Waals surface area contributed by atoms with E-state index in [1.807, 2.05) is 0 Å². The van der Waals surface area contributed by atoms with Crippen LogP contribution in [0.25, 0.3) is 0 Å². The van der Waals surface area contributed by atoms with Gasteiger partial charge in [0, 0.05) is 6.04 Å². The molecule has 0 spiro atoms. The number of hydrogen-bond donors (Lipinski definition) is 1. The Morgan fingerprint density at radius 3 is 3.06 bits per heavy atom. The second-order valence-corrected chi connectivity index (χ2v) is 5.08. The minimum atomic E-state index is 0.198. The van der Waals surface area contributed by atoms with Crippen molar-refractivity contribution < 1.29 is 4.74 Å². The van der Waals surface area contributed by atoms with Gasteiger partial charge in [0.1, 0.15) is 5.75 Å². The van der Waals surface area contributed by atoms with Crippen molar-refractivity contribution in [1.82, 2.24) is 0 Å². The predicted molar refractivity (Wildman–Crippen MR) is 71.3 cm³/mol. The van der Waals surface area contributed by atoms with Gasteiger partial charge in [0.05, 0.1) is 6.10 Å². The number of hydrogen-bond acceptors (Lipinski definition) is 2. The van der Waals surface area contributed by atoms with E-state index in [1.165, 1.54) is 17.5 Å². The van der Waals surface area contributed by atoms with Crippen LogP contribution in [0.2, 0.25) is 0 Å². The second-order valence-electron chi connectivity index (χ2n) is 5.08. The summed E-state index contributed by atoms with van der Waals surface area (Å²) >= 11 is 0. The zero-order chi connectivity index (χ0) is 12.3. The third-order valence-electron chi connectivity index (χ3n) is 3.51. The number of benzene rings is 1. The van der Waals surface area contributed by atoms with Crippen molar-refractivity contribution in [2.45, 2.75) is 58.1 Å². The van der Waals surface area contributed by atoms with E-state index in [0.717, 1.165) is 31.4 Å². The van der Waals surface area contributed by atoms with Crippen molar-refractivity contribution in [1.29, 1.82) is 0 Å². The summed E-state index contributed by atoms with van der Waals surface area (Å²) in [6.45, 7) is 4.31. The SMILES string of the molecule is CCCC(C)Oc1ccc2c(c1)C(N)CCC2. The molecule has 1 aromatic rings. The molecule has 0 aromatic heterocycles. The molecule has 1 aliphatic carbocycles. The van der Waals surface area contributed by atoms with Crippen LogP contribution in [-0.2, 0) is 6.42 Å². The molecule has 0 amide bonds. The number of rotatable bonds is 4. The van der Waals surface area contributed by atoms with Gasteiger partial charge in [-0.15, -0.1) is 0 Å². The summed E-state index contributed by atoms with van der Waals surface area (Å²) in [7, 11) is 0. The summed E-state index contributed by atoms with van der Waals surface area (Å²) in [5, 5.41) is 0. The molecule has 0 radical (unpaired) electrons. The Morgan fingerprint density at radius 1 is 1.47 bits per heavy atom. The highest BCUT2D eigenvalue weighted by molar-refractivity contribution is 5.39. The number of ether oxygens (including phenoxy) is 1. The Hall–Kier alpha value is -1.02. The van der Waals surface area contributed by atoms with Gasteiger partial charge in [-0.3, -0.25) is 0 Å². The molecule has 0 aliphatic heterocycles. The quantitative estimate of drug-likeness (QED) is 0.862. The van der Waals surface area contributed by atoms with Crippen LogP contribution in [0.1, 0.15) is 56.7 Å². The number of aryl methyl sites for hydroxylation is 1. The first-order valence-electron chi connectivity index (χ1n) is 6.75. The molecule has 2 atom stereocenters. The first-order chi connectivity index (χ1) is 8.20. The predicted octanol–water partition coefficient (Wildman–Crippen LogP) is 3.59. The van der Waals surface area contributed by atoms with Crippen LogP contribution >= 0.6 is 0 Å². The molecule has 0 saturated carbocycles. The topological polar surface area (TPSA) is 35.2 Å². The summed E-state index contributed by atoms with van der Waals surface area (Å²) in [6, 6.07) is 6.61. The molecule has 17 heavy (non-hydrogen) atoms. The lowest BCUT2D eigenvalue weighted by Gasteiger charge is -2.23. The Labute approximate surface area is 104 Å². The van der Waals surface area contributed by atoms with Crippen LogP contribution in [0.4, 0.5) is 0 Å². The molecule has 2 unspecified atom stereocenters. The first kappa shape index (κ1) is 12.4. The van der Waals surface area contributed by atoms with Gasteiger partial charge in [-0.25, -0.2) is 0 Å². The monoisotopic (exact) mass is 233 g/mol. The Kier molecular flexibility index (Phi) is 4.06. The zero-order valence-corrected chi connectivity index (χ0v) is 10.9. The van der Waals surface area contributed by atoms with Crippen LogP contribution in [0.15, 0.2) is 18.2 Å². The summed E-state index contributed by atoms with van der Waals surface area (Å²) in [4.78, 5) is 0. The highest BCUT2D eigenvalue weighted by Crippen LogP contribution is 2.31. The molecular weight excluding hydrogens is 210 g/mol. The smallest absolute Gasteiger partial charge is 0.120 e. The van der Waals surface area contributed by atoms with E-state index in [4.69, 9.17) is 10.5 Å². The van der Waals surface area contributed by atoms with Gasteiger partial charge in [-0.1, -0.05) is 19.4 Å². The van der Waals surface area contributed by atoms with Crippen LogP contribution in [0.3, 0.4) is 0 Å². The minimum Gasteiger partial charge on any atom is -0.491 e. The van der Waals surface area contributed by atoms with Crippen LogP contribution in [0.5, 0.6) is 5.75 Å².